The van der Waals surface area contributed by atoms with E-state index in [4.69, 9.17) is 14.2 Å². The number of aliphatic hydroxyl groups excluding tert-OH is 1. The first kappa shape index (κ1) is 11.9. The van der Waals surface area contributed by atoms with Gasteiger partial charge in [0.1, 0.15) is 12.2 Å². The molecule has 0 bridgehead atoms. The molecule has 0 amide bonds. The second-order valence-electron chi connectivity index (χ2n) is 5.59. The van der Waals surface area contributed by atoms with Crippen molar-refractivity contribution in [3.8, 4) is 0 Å². The average molecular weight is 262 g/mol. The minimum atomic E-state index is -0.0276. The predicted molar refractivity (Wildman–Crippen MR) is 68.0 cm³/mol. The highest BCUT2D eigenvalue weighted by molar-refractivity contribution is 5.41. The van der Waals surface area contributed by atoms with Crippen LogP contribution in [0, 0.1) is 0 Å². The number of hydrogen-bond donors (Lipinski definition) is 1. The Labute approximate surface area is 112 Å². The molecule has 4 atom stereocenters. The van der Waals surface area contributed by atoms with Crippen LogP contribution in [0.1, 0.15) is 22.8 Å². The van der Waals surface area contributed by atoms with E-state index in [1.54, 1.807) is 0 Å². The van der Waals surface area contributed by atoms with E-state index in [0.29, 0.717) is 12.2 Å². The van der Waals surface area contributed by atoms with Gasteiger partial charge in [-0.3, -0.25) is 0 Å². The van der Waals surface area contributed by atoms with Crippen molar-refractivity contribution in [1.82, 2.24) is 0 Å². The first-order valence-electron chi connectivity index (χ1n) is 6.95. The fourth-order valence-corrected chi connectivity index (χ4v) is 2.79. The summed E-state index contributed by atoms with van der Waals surface area (Å²) >= 11 is 0. The van der Waals surface area contributed by atoms with Gasteiger partial charge in [0, 0.05) is 12.8 Å². The summed E-state index contributed by atoms with van der Waals surface area (Å²) in [5.74, 6) is 0. The fraction of sp³-hybridized carbons (Fsp3) is 0.600. The molecular formula is C15H18O4. The molecule has 3 aliphatic heterocycles. The van der Waals surface area contributed by atoms with E-state index >= 15 is 0 Å². The quantitative estimate of drug-likeness (QED) is 0.777. The molecular weight excluding hydrogens is 244 g/mol. The van der Waals surface area contributed by atoms with Crippen molar-refractivity contribution in [3.63, 3.8) is 0 Å². The number of rotatable bonds is 6. The van der Waals surface area contributed by atoms with Gasteiger partial charge in [0.15, 0.2) is 0 Å². The highest BCUT2D eigenvalue weighted by atomic mass is 16.6. The zero-order chi connectivity index (χ0) is 12.8. The van der Waals surface area contributed by atoms with Crippen LogP contribution >= 0.6 is 0 Å². The van der Waals surface area contributed by atoms with Crippen molar-refractivity contribution >= 4 is 0 Å². The van der Waals surface area contributed by atoms with Gasteiger partial charge >= 0.3 is 0 Å². The maximum atomic E-state index is 9.23. The molecule has 0 saturated carbocycles. The van der Waals surface area contributed by atoms with Gasteiger partial charge in [-0.2, -0.15) is 0 Å². The zero-order valence-corrected chi connectivity index (χ0v) is 10.7. The van der Waals surface area contributed by atoms with E-state index < -0.39 is 0 Å². The Balaban J connectivity index is 1.64. The minimum absolute atomic E-state index is 0.0276. The van der Waals surface area contributed by atoms with Gasteiger partial charge in [0.2, 0.25) is 0 Å². The van der Waals surface area contributed by atoms with Crippen LogP contribution in [0.15, 0.2) is 18.2 Å². The van der Waals surface area contributed by atoms with Crippen molar-refractivity contribution in [3.05, 3.63) is 34.9 Å². The molecule has 0 spiro atoms. The van der Waals surface area contributed by atoms with Crippen LogP contribution in [0.2, 0.25) is 0 Å². The third-order valence-corrected chi connectivity index (χ3v) is 4.03. The molecule has 1 N–H and O–H groups in total. The van der Waals surface area contributed by atoms with Crippen LogP contribution in [-0.4, -0.2) is 43.2 Å². The van der Waals surface area contributed by atoms with Crippen molar-refractivity contribution < 1.29 is 19.3 Å². The first-order chi connectivity index (χ1) is 9.35. The number of epoxide rings is 3. The van der Waals surface area contributed by atoms with E-state index in [0.717, 1.165) is 26.1 Å². The summed E-state index contributed by atoms with van der Waals surface area (Å²) in [7, 11) is 0. The normalized spacial score (nSPS) is 35.2. The average Bonchev–Trinajstić information content (AvgIpc) is 3.21. The lowest BCUT2D eigenvalue weighted by Crippen LogP contribution is -2.07. The number of hydrogen-bond acceptors (Lipinski definition) is 4. The van der Waals surface area contributed by atoms with Crippen molar-refractivity contribution in [2.24, 2.45) is 0 Å². The third kappa shape index (κ3) is 2.54. The van der Waals surface area contributed by atoms with Crippen LogP contribution in [0.4, 0.5) is 0 Å². The lowest BCUT2D eigenvalue weighted by molar-refractivity contribution is 0.242. The standard InChI is InChI=1S/C15H18O4/c16-6-13-15(19-13)14-9(4-11-7-17-11)2-1-3-10(14)5-12-8-18-12/h1-3,11-13,15-16H,4-8H2. The Hall–Kier alpha value is -0.940. The molecule has 19 heavy (non-hydrogen) atoms. The summed E-state index contributed by atoms with van der Waals surface area (Å²) in [5.41, 5.74) is 3.88. The smallest absolute Gasteiger partial charge is 0.112 e. The van der Waals surface area contributed by atoms with E-state index in [1.165, 1.54) is 16.7 Å². The van der Waals surface area contributed by atoms with Crippen LogP contribution in [0.25, 0.3) is 0 Å². The van der Waals surface area contributed by atoms with Gasteiger partial charge in [-0.1, -0.05) is 18.2 Å². The lowest BCUT2D eigenvalue weighted by atomic mass is 9.92. The molecule has 0 aromatic heterocycles. The number of aliphatic hydroxyl groups is 1. The Morgan fingerprint density at radius 3 is 2.05 bits per heavy atom. The largest absolute Gasteiger partial charge is 0.394 e. The maximum absolute atomic E-state index is 9.23. The fourth-order valence-electron chi connectivity index (χ4n) is 2.79. The highest BCUT2D eigenvalue weighted by Gasteiger charge is 2.43. The number of benzene rings is 1. The molecule has 1 aromatic rings. The molecule has 3 saturated heterocycles. The highest BCUT2D eigenvalue weighted by Crippen LogP contribution is 2.43. The SMILES string of the molecule is OCC1OC1c1c(CC2CO2)cccc1CC1CO1. The van der Waals surface area contributed by atoms with Crippen LogP contribution in [-0.2, 0) is 27.1 Å². The summed E-state index contributed by atoms with van der Waals surface area (Å²) in [4.78, 5) is 0. The van der Waals surface area contributed by atoms with Crippen molar-refractivity contribution in [2.75, 3.05) is 19.8 Å². The molecule has 0 aliphatic carbocycles. The van der Waals surface area contributed by atoms with E-state index in [9.17, 15) is 5.11 Å². The van der Waals surface area contributed by atoms with Crippen LogP contribution in [0.3, 0.4) is 0 Å². The summed E-state index contributed by atoms with van der Waals surface area (Å²) < 4.78 is 16.3. The number of ether oxygens (including phenoxy) is 3. The summed E-state index contributed by atoms with van der Waals surface area (Å²) in [6.07, 6.45) is 2.68. The Kier molecular flexibility index (Phi) is 2.84. The minimum Gasteiger partial charge on any atom is -0.394 e. The zero-order valence-electron chi connectivity index (χ0n) is 10.7. The summed E-state index contributed by atoms with van der Waals surface area (Å²) in [6.45, 7) is 1.83. The molecule has 3 heterocycles. The van der Waals surface area contributed by atoms with Gasteiger partial charge in [-0.05, 0) is 16.7 Å². The maximum Gasteiger partial charge on any atom is 0.112 e. The molecule has 3 fully saturated rings. The Morgan fingerprint density at radius 2 is 1.63 bits per heavy atom. The van der Waals surface area contributed by atoms with Crippen LogP contribution in [0.5, 0.6) is 0 Å². The van der Waals surface area contributed by atoms with Crippen molar-refractivity contribution in [1.29, 1.82) is 0 Å². The second-order valence-corrected chi connectivity index (χ2v) is 5.59. The van der Waals surface area contributed by atoms with Gasteiger partial charge in [0.25, 0.3) is 0 Å². The molecule has 4 heteroatoms. The lowest BCUT2D eigenvalue weighted by Gasteiger charge is -2.12. The topological polar surface area (TPSA) is 57.8 Å². The molecule has 4 nitrogen and oxygen atoms in total. The molecule has 0 radical (unpaired) electrons. The molecule has 1 aromatic carbocycles. The molecule has 4 unspecified atom stereocenters. The first-order valence-corrected chi connectivity index (χ1v) is 6.95. The van der Waals surface area contributed by atoms with Gasteiger partial charge < -0.3 is 19.3 Å². The summed E-state index contributed by atoms with van der Waals surface area (Å²) in [5, 5.41) is 9.23. The summed E-state index contributed by atoms with van der Waals surface area (Å²) in [6, 6.07) is 6.42. The van der Waals surface area contributed by atoms with E-state index in [2.05, 4.69) is 18.2 Å². The van der Waals surface area contributed by atoms with Gasteiger partial charge in [-0.15, -0.1) is 0 Å². The monoisotopic (exact) mass is 262 g/mol. The van der Waals surface area contributed by atoms with E-state index in [-0.39, 0.29) is 18.8 Å². The Morgan fingerprint density at radius 1 is 1.05 bits per heavy atom. The van der Waals surface area contributed by atoms with Crippen LogP contribution < -0.4 is 0 Å². The van der Waals surface area contributed by atoms with Gasteiger partial charge in [0.05, 0.1) is 32.0 Å². The van der Waals surface area contributed by atoms with E-state index in [1.807, 2.05) is 0 Å². The molecule has 3 aliphatic rings. The second kappa shape index (κ2) is 4.56. The third-order valence-electron chi connectivity index (χ3n) is 4.03. The Bertz CT molecular complexity index is 447. The van der Waals surface area contributed by atoms with Gasteiger partial charge in [-0.25, -0.2) is 0 Å². The molecule has 4 rings (SSSR count). The van der Waals surface area contributed by atoms with Crippen molar-refractivity contribution in [2.45, 2.75) is 37.3 Å². The predicted octanol–water partition coefficient (Wildman–Crippen LogP) is 1.00. The molecule has 102 valence electrons.